The number of para-hydroxylation sites is 1. The number of anilines is 2. The molecule has 0 saturated carbocycles. The molecular weight excluding hydrogens is 432 g/mol. The van der Waals surface area contributed by atoms with Crippen LogP contribution in [0.1, 0.15) is 6.92 Å². The number of hydrogen-bond donors (Lipinski definition) is 1. The lowest BCUT2D eigenvalue weighted by molar-refractivity contribution is 0.340. The second kappa shape index (κ2) is 9.53. The monoisotopic (exact) mass is 452 g/mol. The smallest absolute Gasteiger partial charge is 0.188 e. The fourth-order valence-electron chi connectivity index (χ4n) is 2.88. The molecule has 5 heteroatoms. The molecule has 142 valence electrons. The van der Waals surface area contributed by atoms with Gasteiger partial charge >= 0.3 is 0 Å². The normalized spacial score (nSPS) is 10.2. The van der Waals surface area contributed by atoms with Gasteiger partial charge in [-0.1, -0.05) is 59.9 Å². The Morgan fingerprint density at radius 3 is 2.11 bits per heavy atom. The van der Waals surface area contributed by atoms with Crippen LogP contribution in [0.3, 0.4) is 0 Å². The van der Waals surface area contributed by atoms with Crippen LogP contribution >= 0.6 is 28.3 Å². The van der Waals surface area contributed by atoms with Gasteiger partial charge in [-0.15, -0.1) is 17.0 Å². The molecule has 4 aromatic rings. The van der Waals surface area contributed by atoms with Crippen LogP contribution in [0, 0.1) is 0 Å². The van der Waals surface area contributed by atoms with Crippen molar-refractivity contribution < 1.29 is 4.74 Å². The Morgan fingerprint density at radius 1 is 0.821 bits per heavy atom. The van der Waals surface area contributed by atoms with E-state index in [9.17, 15) is 0 Å². The van der Waals surface area contributed by atoms with Crippen LogP contribution in [0.15, 0.2) is 84.9 Å². The Hall–Kier alpha value is -2.63. The molecule has 1 heterocycles. The van der Waals surface area contributed by atoms with Gasteiger partial charge in [0.25, 0.3) is 0 Å². The standard InChI is InChI=1S/C23H20N2OS.BrH/c1-2-26-20-15-13-17(14-16-20)21-22(18-9-5-3-6-10-18)27-23(25-21)24-19-11-7-4-8-12-19;/h3-16H,2H2,1H3,(H,24,25);1H. The van der Waals surface area contributed by atoms with Crippen LogP contribution in [-0.2, 0) is 0 Å². The molecule has 0 spiro atoms. The number of halogens is 1. The van der Waals surface area contributed by atoms with Gasteiger partial charge in [0.15, 0.2) is 5.13 Å². The van der Waals surface area contributed by atoms with Gasteiger partial charge < -0.3 is 10.1 Å². The number of ether oxygens (including phenoxy) is 1. The van der Waals surface area contributed by atoms with Crippen molar-refractivity contribution in [2.24, 2.45) is 0 Å². The molecule has 0 radical (unpaired) electrons. The molecule has 0 aliphatic rings. The highest BCUT2D eigenvalue weighted by molar-refractivity contribution is 8.93. The van der Waals surface area contributed by atoms with Crippen molar-refractivity contribution >= 4 is 39.1 Å². The van der Waals surface area contributed by atoms with E-state index >= 15 is 0 Å². The first-order valence-electron chi connectivity index (χ1n) is 8.95. The Morgan fingerprint density at radius 2 is 1.46 bits per heavy atom. The summed E-state index contributed by atoms with van der Waals surface area (Å²) in [6.45, 7) is 2.65. The lowest BCUT2D eigenvalue weighted by Crippen LogP contribution is -1.91. The highest BCUT2D eigenvalue weighted by Crippen LogP contribution is 2.40. The van der Waals surface area contributed by atoms with E-state index in [-0.39, 0.29) is 17.0 Å². The predicted molar refractivity (Wildman–Crippen MR) is 124 cm³/mol. The van der Waals surface area contributed by atoms with Crippen LogP contribution in [0.5, 0.6) is 5.75 Å². The van der Waals surface area contributed by atoms with E-state index in [1.54, 1.807) is 11.3 Å². The summed E-state index contributed by atoms with van der Waals surface area (Å²) in [6.07, 6.45) is 0. The molecule has 0 saturated heterocycles. The average Bonchev–Trinajstić information content (AvgIpc) is 3.14. The highest BCUT2D eigenvalue weighted by atomic mass is 79.9. The maximum absolute atomic E-state index is 5.57. The van der Waals surface area contributed by atoms with E-state index in [2.05, 4.69) is 41.7 Å². The zero-order chi connectivity index (χ0) is 18.5. The highest BCUT2D eigenvalue weighted by Gasteiger charge is 2.15. The fraction of sp³-hybridized carbons (Fsp3) is 0.0870. The molecule has 28 heavy (non-hydrogen) atoms. The minimum absolute atomic E-state index is 0. The van der Waals surface area contributed by atoms with Crippen LogP contribution in [0.25, 0.3) is 21.7 Å². The minimum Gasteiger partial charge on any atom is -0.494 e. The van der Waals surface area contributed by atoms with Crippen molar-refractivity contribution in [3.63, 3.8) is 0 Å². The van der Waals surface area contributed by atoms with Gasteiger partial charge in [-0.3, -0.25) is 0 Å². The van der Waals surface area contributed by atoms with Gasteiger partial charge in [-0.2, -0.15) is 0 Å². The number of benzene rings is 3. The van der Waals surface area contributed by atoms with Crippen molar-refractivity contribution in [1.82, 2.24) is 4.98 Å². The lowest BCUT2D eigenvalue weighted by Gasteiger charge is -2.05. The molecule has 3 nitrogen and oxygen atoms in total. The van der Waals surface area contributed by atoms with E-state index < -0.39 is 0 Å². The summed E-state index contributed by atoms with van der Waals surface area (Å²) in [5, 5.41) is 4.30. The van der Waals surface area contributed by atoms with E-state index in [0.717, 1.165) is 32.7 Å². The Labute approximate surface area is 179 Å². The van der Waals surface area contributed by atoms with Crippen molar-refractivity contribution in [2.45, 2.75) is 6.92 Å². The number of nitrogens with zero attached hydrogens (tertiary/aromatic N) is 1. The molecule has 0 aliphatic heterocycles. The fourth-order valence-corrected chi connectivity index (χ4v) is 3.89. The molecule has 0 aliphatic carbocycles. The van der Waals surface area contributed by atoms with E-state index in [1.165, 1.54) is 5.56 Å². The zero-order valence-corrected chi connectivity index (χ0v) is 18.0. The van der Waals surface area contributed by atoms with E-state index in [0.29, 0.717) is 6.61 Å². The Kier molecular flexibility index (Phi) is 6.85. The summed E-state index contributed by atoms with van der Waals surface area (Å²) in [5.41, 5.74) is 4.26. The number of aromatic nitrogens is 1. The maximum atomic E-state index is 5.57. The summed E-state index contributed by atoms with van der Waals surface area (Å²) in [7, 11) is 0. The first-order valence-corrected chi connectivity index (χ1v) is 9.76. The first kappa shape index (κ1) is 20.1. The average molecular weight is 453 g/mol. The summed E-state index contributed by atoms with van der Waals surface area (Å²) >= 11 is 1.66. The molecule has 3 aromatic carbocycles. The van der Waals surface area contributed by atoms with Gasteiger partial charge in [0.05, 0.1) is 17.2 Å². The van der Waals surface area contributed by atoms with Crippen LogP contribution in [0.4, 0.5) is 10.8 Å². The van der Waals surface area contributed by atoms with Gasteiger partial charge in [0.2, 0.25) is 0 Å². The Bertz CT molecular complexity index is 1000. The molecule has 0 amide bonds. The second-order valence-electron chi connectivity index (χ2n) is 6.01. The van der Waals surface area contributed by atoms with Gasteiger partial charge in [-0.25, -0.2) is 4.98 Å². The zero-order valence-electron chi connectivity index (χ0n) is 15.5. The van der Waals surface area contributed by atoms with E-state index in [4.69, 9.17) is 9.72 Å². The number of nitrogens with one attached hydrogen (secondary N) is 1. The second-order valence-corrected chi connectivity index (χ2v) is 7.01. The molecule has 1 N–H and O–H groups in total. The molecule has 0 fully saturated rings. The summed E-state index contributed by atoms with van der Waals surface area (Å²) in [6, 6.07) is 28.6. The Balaban J connectivity index is 0.00000225. The molecule has 0 bridgehead atoms. The molecule has 0 atom stereocenters. The van der Waals surface area contributed by atoms with Crippen LogP contribution in [-0.4, -0.2) is 11.6 Å². The SMILES string of the molecule is Br.CCOc1ccc(-c2nc(Nc3ccccc3)sc2-c2ccccc2)cc1. The first-order chi connectivity index (χ1) is 13.3. The molecule has 1 aromatic heterocycles. The minimum atomic E-state index is 0. The summed E-state index contributed by atoms with van der Waals surface area (Å²) in [5.74, 6) is 0.875. The van der Waals surface area contributed by atoms with Crippen molar-refractivity contribution in [3.8, 4) is 27.4 Å². The number of thiazole rings is 1. The van der Waals surface area contributed by atoms with Gasteiger partial charge in [-0.05, 0) is 48.9 Å². The molecular formula is C23H21BrN2OS. The van der Waals surface area contributed by atoms with Gasteiger partial charge in [0.1, 0.15) is 5.75 Å². The maximum Gasteiger partial charge on any atom is 0.188 e. The van der Waals surface area contributed by atoms with Crippen molar-refractivity contribution in [1.29, 1.82) is 0 Å². The predicted octanol–water partition coefficient (Wildman–Crippen LogP) is 7.20. The number of rotatable bonds is 6. The number of hydrogen-bond acceptors (Lipinski definition) is 4. The van der Waals surface area contributed by atoms with Crippen molar-refractivity contribution in [3.05, 3.63) is 84.9 Å². The van der Waals surface area contributed by atoms with Crippen LogP contribution in [0.2, 0.25) is 0 Å². The largest absolute Gasteiger partial charge is 0.494 e. The molecule has 4 rings (SSSR count). The quantitative estimate of drug-likeness (QED) is 0.335. The topological polar surface area (TPSA) is 34.1 Å². The van der Waals surface area contributed by atoms with Crippen LogP contribution < -0.4 is 10.1 Å². The van der Waals surface area contributed by atoms with Crippen molar-refractivity contribution in [2.75, 3.05) is 11.9 Å². The van der Waals surface area contributed by atoms with Gasteiger partial charge in [0, 0.05) is 11.3 Å². The third-order valence-electron chi connectivity index (χ3n) is 4.13. The summed E-state index contributed by atoms with van der Waals surface area (Å²) in [4.78, 5) is 6.05. The lowest BCUT2D eigenvalue weighted by atomic mass is 10.1. The third kappa shape index (κ3) is 4.61. The molecule has 0 unspecified atom stereocenters. The third-order valence-corrected chi connectivity index (χ3v) is 5.15. The summed E-state index contributed by atoms with van der Waals surface area (Å²) < 4.78 is 5.57. The van der Waals surface area contributed by atoms with E-state index in [1.807, 2.05) is 55.5 Å².